The molecular weight excluding hydrogens is 456 g/mol. The number of amides is 1. The van der Waals surface area contributed by atoms with E-state index in [0.29, 0.717) is 27.1 Å². The fourth-order valence-electron chi connectivity index (χ4n) is 1.92. The Morgan fingerprint density at radius 3 is 2.48 bits per heavy atom. The van der Waals surface area contributed by atoms with Gasteiger partial charge in [-0.25, -0.2) is 5.43 Å². The summed E-state index contributed by atoms with van der Waals surface area (Å²) in [4.78, 5) is 23.2. The van der Waals surface area contributed by atoms with Gasteiger partial charge in [-0.15, -0.1) is 0 Å². The lowest BCUT2D eigenvalue weighted by Crippen LogP contribution is -2.18. The summed E-state index contributed by atoms with van der Waals surface area (Å²) >= 11 is 6.63. The molecule has 0 bridgehead atoms. The highest BCUT2D eigenvalue weighted by molar-refractivity contribution is 9.10. The normalized spacial score (nSPS) is 10.6. The Balaban J connectivity index is 2.08. The van der Waals surface area contributed by atoms with Crippen molar-refractivity contribution in [1.82, 2.24) is 5.43 Å². The number of nitrogens with zero attached hydrogens (tertiary/aromatic N) is 1. The van der Waals surface area contributed by atoms with Crippen LogP contribution in [0.5, 0.6) is 11.5 Å². The zero-order valence-corrected chi connectivity index (χ0v) is 16.5. The molecule has 0 atom stereocenters. The van der Waals surface area contributed by atoms with Crippen molar-refractivity contribution in [3.05, 3.63) is 56.5 Å². The number of benzene rings is 2. The SMILES string of the molecule is COc1ccc(Br)cc1C(=O)N/N=C\c1ccc(OC(C)=O)c(Br)c1. The summed E-state index contributed by atoms with van der Waals surface area (Å²) in [6.45, 7) is 1.33. The predicted molar refractivity (Wildman–Crippen MR) is 101 cm³/mol. The Kier molecular flexibility index (Phi) is 6.72. The number of rotatable bonds is 5. The Labute approximate surface area is 161 Å². The number of halogens is 2. The molecule has 0 unspecified atom stereocenters. The van der Waals surface area contributed by atoms with Crippen LogP contribution in [0, 0.1) is 0 Å². The molecular formula is C17H14Br2N2O4. The van der Waals surface area contributed by atoms with E-state index in [1.54, 1.807) is 36.4 Å². The second-order valence-electron chi connectivity index (χ2n) is 4.83. The number of nitrogens with one attached hydrogen (secondary N) is 1. The first-order valence-corrected chi connectivity index (χ1v) is 8.64. The molecule has 6 nitrogen and oxygen atoms in total. The Morgan fingerprint density at radius 1 is 1.12 bits per heavy atom. The average molecular weight is 470 g/mol. The van der Waals surface area contributed by atoms with Gasteiger partial charge in [0.25, 0.3) is 5.91 Å². The number of carbonyl (C=O) groups excluding carboxylic acids is 2. The molecule has 0 aliphatic rings. The molecule has 0 fully saturated rings. The van der Waals surface area contributed by atoms with E-state index in [9.17, 15) is 9.59 Å². The zero-order chi connectivity index (χ0) is 18.4. The summed E-state index contributed by atoms with van der Waals surface area (Å²) < 4.78 is 11.5. The first-order valence-electron chi connectivity index (χ1n) is 7.05. The minimum Gasteiger partial charge on any atom is -0.496 e. The van der Waals surface area contributed by atoms with Crippen LogP contribution in [0.2, 0.25) is 0 Å². The lowest BCUT2D eigenvalue weighted by atomic mass is 10.2. The van der Waals surface area contributed by atoms with Crippen LogP contribution in [-0.4, -0.2) is 25.2 Å². The van der Waals surface area contributed by atoms with Gasteiger partial charge in [-0.2, -0.15) is 5.10 Å². The van der Waals surface area contributed by atoms with E-state index in [4.69, 9.17) is 9.47 Å². The van der Waals surface area contributed by atoms with Gasteiger partial charge >= 0.3 is 5.97 Å². The van der Waals surface area contributed by atoms with Crippen LogP contribution < -0.4 is 14.9 Å². The molecule has 0 saturated heterocycles. The van der Waals surface area contributed by atoms with E-state index in [-0.39, 0.29) is 0 Å². The second-order valence-corrected chi connectivity index (χ2v) is 6.60. The van der Waals surface area contributed by atoms with Gasteiger partial charge in [0.1, 0.15) is 11.5 Å². The van der Waals surface area contributed by atoms with Crippen molar-refractivity contribution in [2.24, 2.45) is 5.10 Å². The van der Waals surface area contributed by atoms with Gasteiger partial charge in [-0.05, 0) is 57.9 Å². The van der Waals surface area contributed by atoms with Crippen molar-refractivity contribution in [3.8, 4) is 11.5 Å². The Hall–Kier alpha value is -2.19. The molecule has 130 valence electrons. The number of esters is 1. The Morgan fingerprint density at radius 2 is 1.84 bits per heavy atom. The number of hydrogen-bond donors (Lipinski definition) is 1. The maximum Gasteiger partial charge on any atom is 0.308 e. The van der Waals surface area contributed by atoms with Gasteiger partial charge in [0, 0.05) is 11.4 Å². The summed E-state index contributed by atoms with van der Waals surface area (Å²) in [6.07, 6.45) is 1.48. The van der Waals surface area contributed by atoms with E-state index < -0.39 is 11.9 Å². The molecule has 25 heavy (non-hydrogen) atoms. The van der Waals surface area contributed by atoms with Crippen molar-refractivity contribution in [3.63, 3.8) is 0 Å². The van der Waals surface area contributed by atoms with Gasteiger partial charge in [0.05, 0.1) is 23.4 Å². The third-order valence-electron chi connectivity index (χ3n) is 3.00. The fraction of sp³-hybridized carbons (Fsp3) is 0.118. The lowest BCUT2D eigenvalue weighted by Gasteiger charge is -2.07. The van der Waals surface area contributed by atoms with Crippen molar-refractivity contribution < 1.29 is 19.1 Å². The number of hydrazone groups is 1. The largest absolute Gasteiger partial charge is 0.496 e. The second kappa shape index (κ2) is 8.77. The van der Waals surface area contributed by atoms with Crippen molar-refractivity contribution in [1.29, 1.82) is 0 Å². The molecule has 2 aromatic rings. The molecule has 0 spiro atoms. The third kappa shape index (κ3) is 5.40. The standard InChI is InChI=1S/C17H14Br2N2O4/c1-10(22)25-16-5-3-11(7-14(16)19)9-20-21-17(23)13-8-12(18)4-6-15(13)24-2/h3-9H,1-2H3,(H,21,23)/b20-9-. The van der Waals surface area contributed by atoms with Gasteiger partial charge in [0.2, 0.25) is 0 Å². The van der Waals surface area contributed by atoms with E-state index in [0.717, 1.165) is 4.47 Å². The molecule has 0 radical (unpaired) electrons. The Bertz CT molecular complexity index is 837. The van der Waals surface area contributed by atoms with Gasteiger partial charge in [-0.1, -0.05) is 15.9 Å². The molecule has 1 N–H and O–H groups in total. The predicted octanol–water partition coefficient (Wildman–Crippen LogP) is 3.91. The van der Waals surface area contributed by atoms with Crippen molar-refractivity contribution in [2.45, 2.75) is 6.92 Å². The van der Waals surface area contributed by atoms with Crippen LogP contribution in [0.25, 0.3) is 0 Å². The minimum absolute atomic E-state index is 0.361. The zero-order valence-electron chi connectivity index (χ0n) is 13.4. The molecule has 0 saturated carbocycles. The summed E-state index contributed by atoms with van der Waals surface area (Å²) in [5.41, 5.74) is 3.52. The van der Waals surface area contributed by atoms with E-state index in [1.165, 1.54) is 20.2 Å². The highest BCUT2D eigenvalue weighted by Gasteiger charge is 2.12. The first kappa shape index (κ1) is 19.1. The average Bonchev–Trinajstić information content (AvgIpc) is 2.56. The number of carbonyl (C=O) groups is 2. The van der Waals surface area contributed by atoms with E-state index >= 15 is 0 Å². The summed E-state index contributed by atoms with van der Waals surface area (Å²) in [6, 6.07) is 10.2. The van der Waals surface area contributed by atoms with Crippen LogP contribution in [-0.2, 0) is 4.79 Å². The first-order chi connectivity index (χ1) is 11.9. The summed E-state index contributed by atoms with van der Waals surface area (Å²) in [7, 11) is 1.49. The van der Waals surface area contributed by atoms with Gasteiger partial charge in [0.15, 0.2) is 0 Å². The van der Waals surface area contributed by atoms with Gasteiger partial charge < -0.3 is 9.47 Å². The van der Waals surface area contributed by atoms with Crippen molar-refractivity contribution >= 4 is 50.0 Å². The number of methoxy groups -OCH3 is 1. The maximum absolute atomic E-state index is 12.2. The van der Waals surface area contributed by atoms with Crippen molar-refractivity contribution in [2.75, 3.05) is 7.11 Å². The molecule has 0 aromatic heterocycles. The maximum atomic E-state index is 12.2. The molecule has 8 heteroatoms. The van der Waals surface area contributed by atoms with Crippen LogP contribution >= 0.6 is 31.9 Å². The highest BCUT2D eigenvalue weighted by Crippen LogP contribution is 2.26. The molecule has 0 aliphatic heterocycles. The van der Waals surface area contributed by atoms with Gasteiger partial charge in [-0.3, -0.25) is 9.59 Å². The monoisotopic (exact) mass is 468 g/mol. The van der Waals surface area contributed by atoms with E-state index in [1.807, 2.05) is 0 Å². The molecule has 2 aromatic carbocycles. The quantitative estimate of drug-likeness (QED) is 0.311. The van der Waals surface area contributed by atoms with Crippen LogP contribution in [0.1, 0.15) is 22.8 Å². The van der Waals surface area contributed by atoms with Crippen LogP contribution in [0.4, 0.5) is 0 Å². The summed E-state index contributed by atoms with van der Waals surface area (Å²) in [5, 5.41) is 3.93. The molecule has 1 amide bonds. The number of hydrogen-bond acceptors (Lipinski definition) is 5. The van der Waals surface area contributed by atoms with Crippen LogP contribution in [0.15, 0.2) is 50.4 Å². The molecule has 0 aliphatic carbocycles. The molecule has 2 rings (SSSR count). The smallest absolute Gasteiger partial charge is 0.308 e. The molecule has 0 heterocycles. The minimum atomic E-state index is -0.405. The highest BCUT2D eigenvalue weighted by atomic mass is 79.9. The number of ether oxygens (including phenoxy) is 2. The third-order valence-corrected chi connectivity index (χ3v) is 4.11. The lowest BCUT2D eigenvalue weighted by molar-refractivity contribution is -0.131. The fourth-order valence-corrected chi connectivity index (χ4v) is 2.76. The summed E-state index contributed by atoms with van der Waals surface area (Å²) in [5.74, 6) is 0.0549. The topological polar surface area (TPSA) is 77.0 Å². The van der Waals surface area contributed by atoms with Crippen LogP contribution in [0.3, 0.4) is 0 Å². The van der Waals surface area contributed by atoms with E-state index in [2.05, 4.69) is 42.4 Å².